The standard InChI is InChI=1S/C15H24N2O3S/c1-4-17(5-2)21(18,19)15-9-6-12(10-14(15)20-3)11-16-13-7-8-13/h6,9-10,13,16H,4-5,7-8,11H2,1-3H3. The Balaban J connectivity index is 2.26. The molecule has 5 nitrogen and oxygen atoms in total. The van der Waals surface area contributed by atoms with Gasteiger partial charge in [0.05, 0.1) is 7.11 Å². The SMILES string of the molecule is CCN(CC)S(=O)(=O)c1ccc(CNC2CC2)cc1OC. The van der Waals surface area contributed by atoms with Crippen molar-refractivity contribution in [3.05, 3.63) is 23.8 Å². The fourth-order valence-corrected chi connectivity index (χ4v) is 3.88. The molecule has 0 bridgehead atoms. The van der Waals surface area contributed by atoms with Gasteiger partial charge in [0.15, 0.2) is 0 Å². The molecule has 1 aliphatic rings. The van der Waals surface area contributed by atoms with Crippen LogP contribution in [0.15, 0.2) is 23.1 Å². The molecule has 0 atom stereocenters. The van der Waals surface area contributed by atoms with E-state index in [1.165, 1.54) is 24.3 Å². The number of ether oxygens (including phenoxy) is 1. The summed E-state index contributed by atoms with van der Waals surface area (Å²) in [6.07, 6.45) is 2.46. The Kier molecular flexibility index (Phi) is 5.24. The second kappa shape index (κ2) is 6.77. The van der Waals surface area contributed by atoms with E-state index in [1.807, 2.05) is 26.0 Å². The van der Waals surface area contributed by atoms with Gasteiger partial charge >= 0.3 is 0 Å². The Morgan fingerprint density at radius 2 is 1.95 bits per heavy atom. The van der Waals surface area contributed by atoms with Gasteiger partial charge in [-0.2, -0.15) is 4.31 Å². The van der Waals surface area contributed by atoms with Gasteiger partial charge in [-0.05, 0) is 30.5 Å². The molecule has 2 rings (SSSR count). The molecule has 0 saturated heterocycles. The average molecular weight is 312 g/mol. The highest BCUT2D eigenvalue weighted by Gasteiger charge is 2.26. The Morgan fingerprint density at radius 3 is 2.48 bits per heavy atom. The first-order valence-corrected chi connectivity index (χ1v) is 8.87. The van der Waals surface area contributed by atoms with Crippen molar-refractivity contribution in [3.63, 3.8) is 0 Å². The summed E-state index contributed by atoms with van der Waals surface area (Å²) in [5, 5.41) is 3.41. The van der Waals surface area contributed by atoms with E-state index >= 15 is 0 Å². The first-order valence-electron chi connectivity index (χ1n) is 7.43. The zero-order valence-electron chi connectivity index (χ0n) is 12.9. The lowest BCUT2D eigenvalue weighted by molar-refractivity contribution is 0.394. The molecule has 0 amide bonds. The molecule has 0 heterocycles. The van der Waals surface area contributed by atoms with Crippen LogP contribution in [0.1, 0.15) is 32.3 Å². The molecule has 1 aliphatic carbocycles. The maximum atomic E-state index is 12.6. The van der Waals surface area contributed by atoms with Crippen molar-refractivity contribution >= 4 is 10.0 Å². The number of hydrogen-bond acceptors (Lipinski definition) is 4. The van der Waals surface area contributed by atoms with E-state index in [-0.39, 0.29) is 4.90 Å². The Labute approximate surface area is 127 Å². The summed E-state index contributed by atoms with van der Waals surface area (Å²) in [4.78, 5) is 0.240. The van der Waals surface area contributed by atoms with Gasteiger partial charge in [-0.3, -0.25) is 0 Å². The molecule has 1 aromatic carbocycles. The van der Waals surface area contributed by atoms with E-state index in [9.17, 15) is 8.42 Å². The van der Waals surface area contributed by atoms with Gasteiger partial charge in [-0.15, -0.1) is 0 Å². The van der Waals surface area contributed by atoms with E-state index < -0.39 is 10.0 Å². The molecule has 1 aromatic rings. The highest BCUT2D eigenvalue weighted by Crippen LogP contribution is 2.28. The van der Waals surface area contributed by atoms with Crippen molar-refractivity contribution in [2.24, 2.45) is 0 Å². The zero-order valence-corrected chi connectivity index (χ0v) is 13.7. The number of rotatable bonds is 8. The molecule has 0 aromatic heterocycles. The minimum atomic E-state index is -3.49. The number of nitrogens with zero attached hydrogens (tertiary/aromatic N) is 1. The number of benzene rings is 1. The van der Waals surface area contributed by atoms with Crippen LogP contribution in [0, 0.1) is 0 Å². The van der Waals surface area contributed by atoms with E-state index in [1.54, 1.807) is 6.07 Å². The summed E-state index contributed by atoms with van der Waals surface area (Å²) < 4.78 is 31.9. The van der Waals surface area contributed by atoms with Gasteiger partial charge in [-0.1, -0.05) is 19.9 Å². The molecular weight excluding hydrogens is 288 g/mol. The first-order chi connectivity index (χ1) is 10.0. The predicted octanol–water partition coefficient (Wildman–Crippen LogP) is 1.98. The van der Waals surface area contributed by atoms with Gasteiger partial charge in [0.25, 0.3) is 0 Å². The Hall–Kier alpha value is -1.11. The van der Waals surface area contributed by atoms with Crippen LogP contribution in [0.25, 0.3) is 0 Å². The van der Waals surface area contributed by atoms with Crippen molar-refractivity contribution < 1.29 is 13.2 Å². The molecule has 0 unspecified atom stereocenters. The number of sulfonamides is 1. The molecule has 1 N–H and O–H groups in total. The smallest absolute Gasteiger partial charge is 0.246 e. The van der Waals surface area contributed by atoms with Crippen molar-refractivity contribution in [1.82, 2.24) is 9.62 Å². The van der Waals surface area contributed by atoms with Crippen LogP contribution in [0.2, 0.25) is 0 Å². The third kappa shape index (κ3) is 3.75. The molecular formula is C15H24N2O3S. The monoisotopic (exact) mass is 312 g/mol. The fraction of sp³-hybridized carbons (Fsp3) is 0.600. The summed E-state index contributed by atoms with van der Waals surface area (Å²) in [6.45, 7) is 5.31. The first kappa shape index (κ1) is 16.3. The van der Waals surface area contributed by atoms with Crippen molar-refractivity contribution in [2.75, 3.05) is 20.2 Å². The highest BCUT2D eigenvalue weighted by atomic mass is 32.2. The molecule has 21 heavy (non-hydrogen) atoms. The normalized spacial score (nSPS) is 15.4. The Bertz CT molecular complexity index is 579. The number of hydrogen-bond donors (Lipinski definition) is 1. The van der Waals surface area contributed by atoms with Crippen molar-refractivity contribution in [2.45, 2.75) is 44.2 Å². The molecule has 1 fully saturated rings. The lowest BCUT2D eigenvalue weighted by Crippen LogP contribution is -2.31. The third-order valence-electron chi connectivity index (χ3n) is 3.72. The minimum Gasteiger partial charge on any atom is -0.495 e. The van der Waals surface area contributed by atoms with E-state index in [4.69, 9.17) is 4.74 Å². The van der Waals surface area contributed by atoms with Crippen LogP contribution < -0.4 is 10.1 Å². The van der Waals surface area contributed by atoms with Gasteiger partial charge in [-0.25, -0.2) is 8.42 Å². The topological polar surface area (TPSA) is 58.6 Å². The second-order valence-corrected chi connectivity index (χ2v) is 7.14. The summed E-state index contributed by atoms with van der Waals surface area (Å²) >= 11 is 0. The van der Waals surface area contributed by atoms with Crippen LogP contribution in [0.3, 0.4) is 0 Å². The van der Waals surface area contributed by atoms with Gasteiger partial charge in [0.1, 0.15) is 10.6 Å². The van der Waals surface area contributed by atoms with Crippen LogP contribution in [-0.2, 0) is 16.6 Å². The maximum Gasteiger partial charge on any atom is 0.246 e. The van der Waals surface area contributed by atoms with Crippen molar-refractivity contribution in [1.29, 1.82) is 0 Å². The average Bonchev–Trinajstić information content (AvgIpc) is 3.30. The number of nitrogens with one attached hydrogen (secondary N) is 1. The van der Waals surface area contributed by atoms with E-state index in [0.717, 1.165) is 12.1 Å². The second-order valence-electron chi connectivity index (χ2n) is 5.23. The third-order valence-corrected chi connectivity index (χ3v) is 5.81. The summed E-state index contributed by atoms with van der Waals surface area (Å²) in [7, 11) is -1.98. The maximum absolute atomic E-state index is 12.6. The molecule has 1 saturated carbocycles. The fourth-order valence-electron chi connectivity index (χ4n) is 2.29. The van der Waals surface area contributed by atoms with Gasteiger partial charge in [0, 0.05) is 25.7 Å². The zero-order chi connectivity index (χ0) is 15.5. The van der Waals surface area contributed by atoms with Gasteiger partial charge < -0.3 is 10.1 Å². The molecule has 118 valence electrons. The van der Waals surface area contributed by atoms with Crippen molar-refractivity contribution in [3.8, 4) is 5.75 Å². The van der Waals surface area contributed by atoms with E-state index in [0.29, 0.717) is 24.9 Å². The minimum absolute atomic E-state index is 0.240. The summed E-state index contributed by atoms with van der Waals surface area (Å²) in [5.74, 6) is 0.414. The molecule has 6 heteroatoms. The molecule has 0 radical (unpaired) electrons. The van der Waals surface area contributed by atoms with Crippen LogP contribution >= 0.6 is 0 Å². The quantitative estimate of drug-likeness (QED) is 0.797. The lowest BCUT2D eigenvalue weighted by atomic mass is 10.2. The summed E-state index contributed by atoms with van der Waals surface area (Å²) in [5.41, 5.74) is 1.04. The lowest BCUT2D eigenvalue weighted by Gasteiger charge is -2.20. The molecule has 0 spiro atoms. The van der Waals surface area contributed by atoms with Crippen LogP contribution in [0.5, 0.6) is 5.75 Å². The predicted molar refractivity (Wildman–Crippen MR) is 83.0 cm³/mol. The highest BCUT2D eigenvalue weighted by molar-refractivity contribution is 7.89. The molecule has 0 aliphatic heterocycles. The summed E-state index contributed by atoms with van der Waals surface area (Å²) in [6, 6.07) is 5.94. The van der Waals surface area contributed by atoms with Crippen LogP contribution in [0.4, 0.5) is 0 Å². The number of methoxy groups -OCH3 is 1. The van der Waals surface area contributed by atoms with E-state index in [2.05, 4.69) is 5.32 Å². The largest absolute Gasteiger partial charge is 0.495 e. The Morgan fingerprint density at radius 1 is 1.29 bits per heavy atom. The van der Waals surface area contributed by atoms with Crippen LogP contribution in [-0.4, -0.2) is 39.0 Å². The van der Waals surface area contributed by atoms with Gasteiger partial charge in [0.2, 0.25) is 10.0 Å².